The van der Waals surface area contributed by atoms with Crippen LogP contribution >= 0.6 is 0 Å². The molecule has 0 aromatic rings. The number of nitrogens with one attached hydrogen (secondary N) is 2. The Hall–Kier alpha value is -2.69. The zero-order chi connectivity index (χ0) is 22.3. The van der Waals surface area contributed by atoms with Gasteiger partial charge in [0.1, 0.15) is 18.1 Å². The van der Waals surface area contributed by atoms with Crippen LogP contribution < -0.4 is 16.4 Å². The summed E-state index contributed by atoms with van der Waals surface area (Å²) in [4.78, 5) is 61.0. The lowest BCUT2D eigenvalue weighted by Gasteiger charge is -2.29. The predicted octanol–water partition coefficient (Wildman–Crippen LogP) is -1.10. The van der Waals surface area contributed by atoms with E-state index in [1.807, 2.05) is 0 Å². The lowest BCUT2D eigenvalue weighted by Crippen LogP contribution is -2.58. The minimum Gasteiger partial charge on any atom is -0.481 e. The molecule has 0 bridgehead atoms. The minimum absolute atomic E-state index is 0.200. The maximum Gasteiger partial charge on any atom is 0.326 e. The van der Waals surface area contributed by atoms with Crippen molar-refractivity contribution in [1.82, 2.24) is 15.5 Å². The Morgan fingerprint density at radius 2 is 1.69 bits per heavy atom. The summed E-state index contributed by atoms with van der Waals surface area (Å²) in [6.07, 6.45) is 0.205. The van der Waals surface area contributed by atoms with Crippen LogP contribution in [0.3, 0.4) is 0 Å². The normalized spacial score (nSPS) is 19.3. The van der Waals surface area contributed by atoms with Crippen molar-refractivity contribution in [1.29, 1.82) is 0 Å². The summed E-state index contributed by atoms with van der Waals surface area (Å²) in [5.41, 5.74) is 5.52. The molecule has 0 saturated carbocycles. The molecular weight excluding hydrogens is 384 g/mol. The second kappa shape index (κ2) is 10.7. The van der Waals surface area contributed by atoms with Crippen molar-refractivity contribution >= 4 is 29.7 Å². The number of rotatable bonds is 10. The molecule has 0 radical (unpaired) electrons. The van der Waals surface area contributed by atoms with E-state index >= 15 is 0 Å². The second-order valence-corrected chi connectivity index (χ2v) is 7.54. The molecule has 29 heavy (non-hydrogen) atoms. The fourth-order valence-corrected chi connectivity index (χ4v) is 3.09. The van der Waals surface area contributed by atoms with E-state index in [1.165, 1.54) is 6.92 Å². The first kappa shape index (κ1) is 24.3. The quantitative estimate of drug-likeness (QED) is 0.299. The highest BCUT2D eigenvalue weighted by molar-refractivity contribution is 5.94. The van der Waals surface area contributed by atoms with Gasteiger partial charge in [-0.05, 0) is 32.1 Å². The highest BCUT2D eigenvalue weighted by atomic mass is 16.4. The van der Waals surface area contributed by atoms with E-state index in [2.05, 4.69) is 10.6 Å². The average molecular weight is 414 g/mol. The Morgan fingerprint density at radius 3 is 2.17 bits per heavy atom. The van der Waals surface area contributed by atoms with Gasteiger partial charge in [-0.3, -0.25) is 19.2 Å². The van der Waals surface area contributed by atoms with Crippen molar-refractivity contribution < 1.29 is 34.2 Å². The van der Waals surface area contributed by atoms with Gasteiger partial charge in [-0.15, -0.1) is 0 Å². The fourth-order valence-electron chi connectivity index (χ4n) is 3.09. The third kappa shape index (κ3) is 7.00. The van der Waals surface area contributed by atoms with Crippen LogP contribution in [0.4, 0.5) is 0 Å². The summed E-state index contributed by atoms with van der Waals surface area (Å²) in [6.45, 7) is 5.06. The third-order valence-corrected chi connectivity index (χ3v) is 4.74. The van der Waals surface area contributed by atoms with Crippen molar-refractivity contribution in [3.8, 4) is 0 Å². The Bertz CT molecular complexity index is 650. The predicted molar refractivity (Wildman–Crippen MR) is 102 cm³/mol. The number of amides is 3. The van der Waals surface area contributed by atoms with Crippen LogP contribution in [-0.4, -0.2) is 75.5 Å². The molecule has 11 nitrogen and oxygen atoms in total. The first-order valence-electron chi connectivity index (χ1n) is 9.57. The molecule has 0 aliphatic carbocycles. The number of nitrogens with zero attached hydrogens (tertiary/aromatic N) is 1. The average Bonchev–Trinajstić information content (AvgIpc) is 3.11. The fraction of sp³-hybridized carbons (Fsp3) is 0.722. The summed E-state index contributed by atoms with van der Waals surface area (Å²) >= 11 is 0. The Kier molecular flexibility index (Phi) is 9.02. The van der Waals surface area contributed by atoms with Crippen molar-refractivity contribution in [2.24, 2.45) is 11.7 Å². The summed E-state index contributed by atoms with van der Waals surface area (Å²) in [5, 5.41) is 23.3. The van der Waals surface area contributed by atoms with E-state index in [4.69, 9.17) is 10.8 Å². The molecule has 6 N–H and O–H groups in total. The van der Waals surface area contributed by atoms with Gasteiger partial charge in [0.15, 0.2) is 0 Å². The van der Waals surface area contributed by atoms with Crippen LogP contribution in [0.5, 0.6) is 0 Å². The van der Waals surface area contributed by atoms with Crippen molar-refractivity contribution in [3.05, 3.63) is 0 Å². The number of carboxylic acid groups (broad SMARTS) is 2. The van der Waals surface area contributed by atoms with Gasteiger partial charge in [-0.1, -0.05) is 13.8 Å². The molecular formula is C18H30N4O7. The molecule has 0 aromatic carbocycles. The summed E-state index contributed by atoms with van der Waals surface area (Å²) < 4.78 is 0. The lowest BCUT2D eigenvalue weighted by atomic mass is 10.0. The third-order valence-electron chi connectivity index (χ3n) is 4.74. The lowest BCUT2D eigenvalue weighted by molar-refractivity contribution is -0.150. The molecule has 4 atom stereocenters. The molecule has 4 unspecified atom stereocenters. The Labute approximate surface area is 169 Å². The molecule has 1 rings (SSSR count). The molecule has 1 saturated heterocycles. The van der Waals surface area contributed by atoms with Gasteiger partial charge in [-0.25, -0.2) is 4.79 Å². The monoisotopic (exact) mass is 414 g/mol. The zero-order valence-corrected chi connectivity index (χ0v) is 16.9. The molecule has 1 fully saturated rings. The van der Waals surface area contributed by atoms with E-state index in [-0.39, 0.29) is 25.3 Å². The largest absolute Gasteiger partial charge is 0.481 e. The van der Waals surface area contributed by atoms with Crippen LogP contribution in [0.25, 0.3) is 0 Å². The van der Waals surface area contributed by atoms with Gasteiger partial charge < -0.3 is 31.5 Å². The van der Waals surface area contributed by atoms with Crippen molar-refractivity contribution in [2.75, 3.05) is 6.54 Å². The molecule has 164 valence electrons. The van der Waals surface area contributed by atoms with E-state index in [1.54, 1.807) is 13.8 Å². The number of hydrogen-bond acceptors (Lipinski definition) is 6. The Balaban J connectivity index is 2.99. The Morgan fingerprint density at radius 1 is 1.07 bits per heavy atom. The first-order valence-corrected chi connectivity index (χ1v) is 9.57. The van der Waals surface area contributed by atoms with E-state index in [9.17, 15) is 29.1 Å². The van der Waals surface area contributed by atoms with Gasteiger partial charge in [0.25, 0.3) is 0 Å². The number of nitrogens with two attached hydrogens (primary N) is 1. The first-order chi connectivity index (χ1) is 13.5. The van der Waals surface area contributed by atoms with Crippen LogP contribution in [-0.2, 0) is 24.0 Å². The molecule has 1 heterocycles. The number of carbonyl (C=O) groups excluding carboxylic acids is 3. The highest BCUT2D eigenvalue weighted by Crippen LogP contribution is 2.20. The summed E-state index contributed by atoms with van der Waals surface area (Å²) in [5.74, 6) is -4.49. The topological polar surface area (TPSA) is 179 Å². The number of hydrogen-bond donors (Lipinski definition) is 5. The van der Waals surface area contributed by atoms with Crippen molar-refractivity contribution in [2.45, 2.75) is 70.6 Å². The molecule has 0 aromatic heterocycles. The molecule has 3 amide bonds. The minimum atomic E-state index is -1.22. The molecule has 0 spiro atoms. The smallest absolute Gasteiger partial charge is 0.326 e. The van der Waals surface area contributed by atoms with Gasteiger partial charge >= 0.3 is 11.9 Å². The molecule has 11 heteroatoms. The van der Waals surface area contributed by atoms with E-state index in [0.717, 1.165) is 4.90 Å². The summed E-state index contributed by atoms with van der Waals surface area (Å²) in [6, 6.07) is -4.05. The van der Waals surface area contributed by atoms with E-state index < -0.39 is 53.8 Å². The zero-order valence-electron chi connectivity index (χ0n) is 16.9. The second-order valence-electron chi connectivity index (χ2n) is 7.54. The maximum absolute atomic E-state index is 12.9. The summed E-state index contributed by atoms with van der Waals surface area (Å²) in [7, 11) is 0. The van der Waals surface area contributed by atoms with Crippen LogP contribution in [0.2, 0.25) is 0 Å². The molecule has 1 aliphatic rings. The van der Waals surface area contributed by atoms with Gasteiger partial charge in [-0.2, -0.15) is 0 Å². The number of carbonyl (C=O) groups is 5. The van der Waals surface area contributed by atoms with Gasteiger partial charge in [0, 0.05) is 13.0 Å². The number of likely N-dealkylation sites (tertiary alicyclic amines) is 1. The standard InChI is InChI=1S/C18H30N4O7/c1-9(2)14(21-15(25)10(3)19)16(26)20-11(6-7-13(23)24)17(27)22-8-4-5-12(22)18(28)29/h9-12,14H,4-8,19H2,1-3H3,(H,20,26)(H,21,25)(H,23,24)(H,28,29). The van der Waals surface area contributed by atoms with Gasteiger partial charge in [0.05, 0.1) is 6.04 Å². The highest BCUT2D eigenvalue weighted by Gasteiger charge is 2.38. The number of aliphatic carboxylic acids is 2. The number of carboxylic acids is 2. The van der Waals surface area contributed by atoms with Crippen molar-refractivity contribution in [3.63, 3.8) is 0 Å². The maximum atomic E-state index is 12.9. The van der Waals surface area contributed by atoms with Crippen LogP contribution in [0, 0.1) is 5.92 Å². The van der Waals surface area contributed by atoms with Crippen LogP contribution in [0.15, 0.2) is 0 Å². The van der Waals surface area contributed by atoms with E-state index in [0.29, 0.717) is 12.8 Å². The van der Waals surface area contributed by atoms with Gasteiger partial charge in [0.2, 0.25) is 17.7 Å². The molecule has 1 aliphatic heterocycles. The SMILES string of the molecule is CC(N)C(=O)NC(C(=O)NC(CCC(=O)O)C(=O)N1CCCC1C(=O)O)C(C)C. The van der Waals surface area contributed by atoms with Crippen LogP contribution in [0.1, 0.15) is 46.5 Å².